The average molecular weight is 559 g/mol. The third-order valence-electron chi connectivity index (χ3n) is 7.70. The maximum absolute atomic E-state index is 13.5. The molecule has 4 amide bonds. The van der Waals surface area contributed by atoms with E-state index in [-0.39, 0.29) is 37.2 Å². The molecule has 4 N–H and O–H groups in total. The van der Waals surface area contributed by atoms with Crippen molar-refractivity contribution in [1.29, 1.82) is 0 Å². The van der Waals surface area contributed by atoms with E-state index in [0.29, 0.717) is 17.9 Å². The Morgan fingerprint density at radius 2 is 1.71 bits per heavy atom. The molecule has 2 atom stereocenters. The van der Waals surface area contributed by atoms with Crippen LogP contribution >= 0.6 is 0 Å². The Morgan fingerprint density at radius 3 is 2.46 bits per heavy atom. The van der Waals surface area contributed by atoms with Crippen molar-refractivity contribution in [2.75, 3.05) is 11.4 Å². The fourth-order valence-electron chi connectivity index (χ4n) is 5.67. The van der Waals surface area contributed by atoms with Gasteiger partial charge in [0.2, 0.25) is 23.6 Å². The number of benzene rings is 2. The van der Waals surface area contributed by atoms with Crippen LogP contribution < -0.4 is 20.9 Å². The summed E-state index contributed by atoms with van der Waals surface area (Å²) in [7, 11) is 0. The summed E-state index contributed by atoms with van der Waals surface area (Å²) in [5, 5.41) is 22.0. The number of nitrogens with one attached hydrogen (secondary N) is 4. The molecule has 5 rings (SSSR count). The summed E-state index contributed by atoms with van der Waals surface area (Å²) in [4.78, 5) is 54.4. The van der Waals surface area contributed by atoms with Gasteiger partial charge in [-0.05, 0) is 36.0 Å². The second-order valence-corrected chi connectivity index (χ2v) is 10.5. The van der Waals surface area contributed by atoms with Crippen molar-refractivity contribution in [3.63, 3.8) is 0 Å². The van der Waals surface area contributed by atoms with Gasteiger partial charge in [0.05, 0.1) is 19.5 Å². The molecule has 12 heteroatoms. The van der Waals surface area contributed by atoms with Crippen molar-refractivity contribution in [3.05, 3.63) is 71.5 Å². The molecule has 3 aromatic rings. The van der Waals surface area contributed by atoms with Crippen molar-refractivity contribution in [1.82, 2.24) is 36.6 Å². The molecule has 12 nitrogen and oxygen atoms in total. The van der Waals surface area contributed by atoms with Gasteiger partial charge in [-0.25, -0.2) is 0 Å². The van der Waals surface area contributed by atoms with E-state index in [1.54, 1.807) is 12.1 Å². The van der Waals surface area contributed by atoms with Crippen LogP contribution in [0.3, 0.4) is 0 Å². The molecule has 0 saturated heterocycles. The minimum atomic E-state index is -0.789. The van der Waals surface area contributed by atoms with Gasteiger partial charge >= 0.3 is 0 Å². The number of aromatic nitrogens is 4. The van der Waals surface area contributed by atoms with E-state index < -0.39 is 23.9 Å². The molecule has 0 bridgehead atoms. The molecule has 1 saturated carbocycles. The fraction of sp³-hybridized carbons (Fsp3) is 0.414. The van der Waals surface area contributed by atoms with E-state index in [0.717, 1.165) is 43.2 Å². The quantitative estimate of drug-likeness (QED) is 0.291. The van der Waals surface area contributed by atoms with Gasteiger partial charge in [-0.2, -0.15) is 5.21 Å². The molecule has 41 heavy (non-hydrogen) atoms. The lowest BCUT2D eigenvalue weighted by Crippen LogP contribution is -2.55. The lowest BCUT2D eigenvalue weighted by atomic mass is 9.83. The summed E-state index contributed by atoms with van der Waals surface area (Å²) in [6.07, 6.45) is 5.27. The topological polar surface area (TPSA) is 162 Å². The van der Waals surface area contributed by atoms with Gasteiger partial charge in [0, 0.05) is 12.1 Å². The maximum atomic E-state index is 13.5. The number of hydrogen-bond donors (Lipinski definition) is 4. The van der Waals surface area contributed by atoms with E-state index in [9.17, 15) is 19.2 Å². The standard InChI is InChI=1S/C29H34N8O4/c38-25(15-19-9-3-1-4-10-19)32-27(20-11-5-2-6-12-20)29(41)31-18-26(39)37-22-14-8-7-13-21(22)16-23(37)28(40)30-17-24-33-35-36-34-24/h1,3-4,7-10,13-14,20,23,27H,2,5-6,11-12,15-18H2,(H,30,40)(H,31,41)(H,32,38)(H,33,34,35,36)/t23-,27?/m0/s1. The summed E-state index contributed by atoms with van der Waals surface area (Å²) in [6.45, 7) is -0.244. The number of aromatic amines is 1. The van der Waals surface area contributed by atoms with Crippen LogP contribution in [-0.2, 0) is 38.6 Å². The first-order valence-electron chi connectivity index (χ1n) is 14.0. The van der Waals surface area contributed by atoms with Crippen LogP contribution in [-0.4, -0.2) is 62.9 Å². The van der Waals surface area contributed by atoms with Gasteiger partial charge in [-0.15, -0.1) is 10.2 Å². The molecule has 2 aliphatic rings. The van der Waals surface area contributed by atoms with Gasteiger partial charge < -0.3 is 16.0 Å². The van der Waals surface area contributed by atoms with E-state index in [1.807, 2.05) is 42.5 Å². The summed E-state index contributed by atoms with van der Waals surface area (Å²) in [5.41, 5.74) is 2.35. The zero-order chi connectivity index (χ0) is 28.6. The number of tetrazole rings is 1. The number of fused-ring (bicyclic) bond motifs is 1. The molecule has 214 valence electrons. The van der Waals surface area contributed by atoms with E-state index in [1.165, 1.54) is 4.90 Å². The van der Waals surface area contributed by atoms with Crippen LogP contribution in [0.4, 0.5) is 5.69 Å². The second kappa shape index (κ2) is 13.2. The Labute approximate surface area is 237 Å². The SMILES string of the molecule is O=C(Cc1ccccc1)NC(C(=O)NCC(=O)N1c2ccccc2C[C@H]1C(=O)NCc1nn[nH]n1)C1CCCCC1. The van der Waals surface area contributed by atoms with Gasteiger partial charge in [0.1, 0.15) is 12.1 Å². The maximum Gasteiger partial charge on any atom is 0.247 e. The number of carbonyl (C=O) groups is 4. The number of hydrogen-bond acceptors (Lipinski definition) is 7. The highest BCUT2D eigenvalue weighted by molar-refractivity contribution is 6.05. The molecule has 0 spiro atoms. The fourth-order valence-corrected chi connectivity index (χ4v) is 5.67. The Bertz CT molecular complexity index is 1360. The first kappa shape index (κ1) is 27.9. The summed E-state index contributed by atoms with van der Waals surface area (Å²) in [6, 6.07) is 15.2. The van der Waals surface area contributed by atoms with Crippen molar-refractivity contribution in [3.8, 4) is 0 Å². The predicted octanol–water partition coefficient (Wildman–Crippen LogP) is 1.20. The monoisotopic (exact) mass is 558 g/mol. The first-order chi connectivity index (χ1) is 20.0. The largest absolute Gasteiger partial charge is 0.347 e. The Morgan fingerprint density at radius 1 is 0.951 bits per heavy atom. The predicted molar refractivity (Wildman–Crippen MR) is 149 cm³/mol. The third kappa shape index (κ3) is 6.94. The van der Waals surface area contributed by atoms with Crippen molar-refractivity contribution < 1.29 is 19.2 Å². The van der Waals surface area contributed by atoms with E-state index in [2.05, 4.69) is 36.6 Å². The number of para-hydroxylation sites is 1. The number of amides is 4. The van der Waals surface area contributed by atoms with E-state index in [4.69, 9.17) is 0 Å². The third-order valence-corrected chi connectivity index (χ3v) is 7.70. The minimum absolute atomic E-state index is 0.00486. The van der Waals surface area contributed by atoms with Crippen LogP contribution in [0, 0.1) is 5.92 Å². The Kier molecular flexibility index (Phi) is 8.97. The molecule has 2 heterocycles. The molecular weight excluding hydrogens is 524 g/mol. The molecular formula is C29H34N8O4. The van der Waals surface area contributed by atoms with E-state index >= 15 is 0 Å². The number of H-pyrrole nitrogens is 1. The normalized spacial score (nSPS) is 17.4. The molecule has 1 aliphatic heterocycles. The number of nitrogens with zero attached hydrogens (tertiary/aromatic N) is 4. The lowest BCUT2D eigenvalue weighted by molar-refractivity contribution is -0.131. The lowest BCUT2D eigenvalue weighted by Gasteiger charge is -2.30. The highest BCUT2D eigenvalue weighted by Crippen LogP contribution is 2.32. The first-order valence-corrected chi connectivity index (χ1v) is 14.0. The Hall–Kier alpha value is -4.61. The zero-order valence-corrected chi connectivity index (χ0v) is 22.7. The van der Waals surface area contributed by atoms with Crippen LogP contribution in [0.1, 0.15) is 49.1 Å². The van der Waals surface area contributed by atoms with Crippen LogP contribution in [0.2, 0.25) is 0 Å². The number of rotatable bonds is 10. The van der Waals surface area contributed by atoms with Crippen LogP contribution in [0.5, 0.6) is 0 Å². The molecule has 1 fully saturated rings. The average Bonchev–Trinajstić information content (AvgIpc) is 3.66. The molecule has 1 aliphatic carbocycles. The smallest absolute Gasteiger partial charge is 0.247 e. The molecule has 1 aromatic heterocycles. The highest BCUT2D eigenvalue weighted by Gasteiger charge is 2.39. The van der Waals surface area contributed by atoms with Gasteiger partial charge in [-0.3, -0.25) is 24.1 Å². The Balaban J connectivity index is 1.25. The van der Waals surface area contributed by atoms with Crippen LogP contribution in [0.15, 0.2) is 54.6 Å². The highest BCUT2D eigenvalue weighted by atomic mass is 16.2. The number of carbonyl (C=O) groups excluding carboxylic acids is 4. The minimum Gasteiger partial charge on any atom is -0.347 e. The van der Waals surface area contributed by atoms with Crippen molar-refractivity contribution in [2.45, 2.75) is 63.6 Å². The summed E-state index contributed by atoms with van der Waals surface area (Å²) >= 11 is 0. The van der Waals surface area contributed by atoms with Gasteiger partial charge in [0.15, 0.2) is 5.82 Å². The zero-order valence-electron chi connectivity index (χ0n) is 22.7. The van der Waals surface area contributed by atoms with Crippen molar-refractivity contribution in [2.24, 2.45) is 5.92 Å². The summed E-state index contributed by atoms with van der Waals surface area (Å²) in [5.74, 6) is -1.09. The molecule has 0 radical (unpaired) electrons. The summed E-state index contributed by atoms with van der Waals surface area (Å²) < 4.78 is 0. The van der Waals surface area contributed by atoms with Gasteiger partial charge in [0.25, 0.3) is 0 Å². The molecule has 2 aromatic carbocycles. The van der Waals surface area contributed by atoms with Crippen molar-refractivity contribution >= 4 is 29.3 Å². The van der Waals surface area contributed by atoms with Crippen LogP contribution in [0.25, 0.3) is 0 Å². The second-order valence-electron chi connectivity index (χ2n) is 10.5. The van der Waals surface area contributed by atoms with Gasteiger partial charge in [-0.1, -0.05) is 73.0 Å². The number of anilines is 1. The molecule has 1 unspecified atom stereocenters.